The number of halogens is 1. The molecule has 1 heterocycles. The molecule has 0 saturated carbocycles. The predicted octanol–water partition coefficient (Wildman–Crippen LogP) is 4.76. The lowest BCUT2D eigenvalue weighted by atomic mass is 10.1. The summed E-state index contributed by atoms with van der Waals surface area (Å²) >= 11 is 3.40. The number of nitrogens with one attached hydrogen (secondary N) is 2. The van der Waals surface area contributed by atoms with Gasteiger partial charge >= 0.3 is 0 Å². The molecule has 0 radical (unpaired) electrons. The molecule has 0 saturated heterocycles. The minimum atomic E-state index is -0.346. The summed E-state index contributed by atoms with van der Waals surface area (Å²) < 4.78 is 0.950. The molecular weight excluding hydrogens is 404 g/mol. The van der Waals surface area contributed by atoms with Crippen molar-refractivity contribution in [3.05, 3.63) is 88.5 Å². The number of aromatic amines is 1. The Morgan fingerprint density at radius 1 is 1.00 bits per heavy atom. The number of amides is 1. The molecule has 27 heavy (non-hydrogen) atoms. The average Bonchev–Trinajstić information content (AvgIpc) is 3.18. The quantitative estimate of drug-likeness (QED) is 0.370. The van der Waals surface area contributed by atoms with Gasteiger partial charge in [-0.1, -0.05) is 64.5 Å². The first kappa shape index (κ1) is 17.2. The van der Waals surface area contributed by atoms with Crippen molar-refractivity contribution in [3.63, 3.8) is 0 Å². The second-order valence-corrected chi connectivity index (χ2v) is 6.90. The first-order chi connectivity index (χ1) is 13.2. The molecule has 0 unspecified atom stereocenters. The van der Waals surface area contributed by atoms with Crippen LogP contribution < -0.4 is 5.43 Å². The summed E-state index contributed by atoms with van der Waals surface area (Å²) in [5.74, 6) is -0.346. The molecule has 5 nitrogen and oxygen atoms in total. The van der Waals surface area contributed by atoms with Crippen LogP contribution in [0.15, 0.2) is 82.4 Å². The summed E-state index contributed by atoms with van der Waals surface area (Å²) in [6.45, 7) is 0. The van der Waals surface area contributed by atoms with Gasteiger partial charge < -0.3 is 0 Å². The van der Waals surface area contributed by atoms with E-state index in [1.54, 1.807) is 12.3 Å². The van der Waals surface area contributed by atoms with Crippen molar-refractivity contribution in [1.29, 1.82) is 0 Å². The van der Waals surface area contributed by atoms with Crippen LogP contribution in [0.5, 0.6) is 0 Å². The minimum Gasteiger partial charge on any atom is -0.272 e. The van der Waals surface area contributed by atoms with Crippen molar-refractivity contribution < 1.29 is 4.79 Å². The molecule has 4 rings (SSSR count). The Morgan fingerprint density at radius 2 is 1.85 bits per heavy atom. The Labute approximate surface area is 164 Å². The van der Waals surface area contributed by atoms with E-state index in [0.717, 1.165) is 26.4 Å². The molecule has 0 atom stereocenters. The summed E-state index contributed by atoms with van der Waals surface area (Å²) in [5, 5.41) is 13.3. The third-order valence-corrected chi connectivity index (χ3v) is 4.59. The van der Waals surface area contributed by atoms with E-state index >= 15 is 0 Å². The molecule has 2 N–H and O–H groups in total. The molecule has 0 aliphatic heterocycles. The van der Waals surface area contributed by atoms with Gasteiger partial charge in [-0.15, -0.1) is 0 Å². The van der Waals surface area contributed by atoms with Crippen LogP contribution in [0.4, 0.5) is 0 Å². The van der Waals surface area contributed by atoms with E-state index in [0.29, 0.717) is 11.4 Å². The maximum atomic E-state index is 12.3. The number of aromatic nitrogens is 2. The van der Waals surface area contributed by atoms with Crippen molar-refractivity contribution in [2.75, 3.05) is 0 Å². The van der Waals surface area contributed by atoms with Crippen LogP contribution in [0, 0.1) is 0 Å². The van der Waals surface area contributed by atoms with Crippen molar-refractivity contribution in [1.82, 2.24) is 15.6 Å². The topological polar surface area (TPSA) is 70.1 Å². The number of hydrogen-bond donors (Lipinski definition) is 2. The first-order valence-corrected chi connectivity index (χ1v) is 9.12. The number of hydrazone groups is 1. The van der Waals surface area contributed by atoms with Crippen LogP contribution in [0.1, 0.15) is 16.1 Å². The molecule has 0 fully saturated rings. The fraction of sp³-hybridized carbons (Fsp3) is 0. The molecule has 0 spiro atoms. The normalized spacial score (nSPS) is 11.1. The molecule has 0 aliphatic carbocycles. The fourth-order valence-electron chi connectivity index (χ4n) is 2.75. The summed E-state index contributed by atoms with van der Waals surface area (Å²) in [4.78, 5) is 12.3. The second kappa shape index (κ2) is 7.55. The van der Waals surface area contributed by atoms with Gasteiger partial charge in [-0.05, 0) is 40.6 Å². The third-order valence-electron chi connectivity index (χ3n) is 4.10. The fourth-order valence-corrected chi connectivity index (χ4v) is 3.16. The van der Waals surface area contributed by atoms with Crippen LogP contribution in [0.25, 0.3) is 22.0 Å². The maximum absolute atomic E-state index is 12.3. The number of nitrogens with zero attached hydrogens (tertiary/aromatic N) is 2. The Morgan fingerprint density at radius 3 is 2.70 bits per heavy atom. The van der Waals surface area contributed by atoms with E-state index in [1.165, 1.54) is 0 Å². The molecular formula is C21H15BrN4O. The van der Waals surface area contributed by atoms with E-state index in [2.05, 4.69) is 54.9 Å². The monoisotopic (exact) mass is 418 g/mol. The molecule has 1 amide bonds. The Balaban J connectivity index is 1.48. The smallest absolute Gasteiger partial charge is 0.272 e. The molecule has 4 aromatic rings. The van der Waals surface area contributed by atoms with Crippen LogP contribution in [-0.2, 0) is 0 Å². The number of H-pyrrole nitrogens is 1. The van der Waals surface area contributed by atoms with Gasteiger partial charge in [0.2, 0.25) is 0 Å². The third kappa shape index (κ3) is 3.96. The van der Waals surface area contributed by atoms with Crippen molar-refractivity contribution in [2.45, 2.75) is 0 Å². The van der Waals surface area contributed by atoms with Gasteiger partial charge in [-0.3, -0.25) is 9.89 Å². The van der Waals surface area contributed by atoms with Gasteiger partial charge in [0.05, 0.1) is 11.9 Å². The number of rotatable bonds is 4. The van der Waals surface area contributed by atoms with Crippen molar-refractivity contribution >= 4 is 38.8 Å². The number of carbonyl (C=O) groups excluding carboxylic acids is 1. The zero-order valence-corrected chi connectivity index (χ0v) is 15.8. The molecule has 3 aromatic carbocycles. The van der Waals surface area contributed by atoms with E-state index < -0.39 is 0 Å². The van der Waals surface area contributed by atoms with Crippen LogP contribution in [0.3, 0.4) is 0 Å². The largest absolute Gasteiger partial charge is 0.289 e. The lowest BCUT2D eigenvalue weighted by Gasteiger charge is -2.00. The van der Waals surface area contributed by atoms with E-state index in [-0.39, 0.29) is 5.91 Å². The Hall–Kier alpha value is -3.25. The highest BCUT2D eigenvalue weighted by molar-refractivity contribution is 9.10. The van der Waals surface area contributed by atoms with Crippen LogP contribution >= 0.6 is 15.9 Å². The second-order valence-electron chi connectivity index (χ2n) is 5.98. The highest BCUT2D eigenvalue weighted by atomic mass is 79.9. The zero-order chi connectivity index (χ0) is 18.6. The predicted molar refractivity (Wildman–Crippen MR) is 111 cm³/mol. The molecule has 1 aromatic heterocycles. The first-order valence-electron chi connectivity index (χ1n) is 8.32. The van der Waals surface area contributed by atoms with E-state index in [4.69, 9.17) is 0 Å². The van der Waals surface area contributed by atoms with Gasteiger partial charge in [0.1, 0.15) is 5.69 Å². The highest BCUT2D eigenvalue weighted by Gasteiger charge is 2.10. The lowest BCUT2D eigenvalue weighted by molar-refractivity contribution is 0.0950. The van der Waals surface area contributed by atoms with E-state index in [9.17, 15) is 4.79 Å². The molecule has 6 heteroatoms. The van der Waals surface area contributed by atoms with Crippen LogP contribution in [0.2, 0.25) is 0 Å². The SMILES string of the molecule is O=C(NN=Cc1cccc(Br)c1)c1cc(-c2ccc3ccccc3c2)n[nH]1. The summed E-state index contributed by atoms with van der Waals surface area (Å²) in [7, 11) is 0. The summed E-state index contributed by atoms with van der Waals surface area (Å²) in [5.41, 5.74) is 5.39. The van der Waals surface area contributed by atoms with Gasteiger partial charge in [0.15, 0.2) is 0 Å². The van der Waals surface area contributed by atoms with E-state index in [1.807, 2.05) is 48.5 Å². The van der Waals surface area contributed by atoms with Crippen molar-refractivity contribution in [3.8, 4) is 11.3 Å². The Bertz CT molecular complexity index is 1150. The van der Waals surface area contributed by atoms with Gasteiger partial charge in [-0.2, -0.15) is 10.2 Å². The standard InChI is InChI=1S/C21H15BrN4O/c22-18-7-3-4-14(10-18)13-23-26-21(27)20-12-19(24-25-20)17-9-8-15-5-1-2-6-16(15)11-17/h1-13H,(H,24,25)(H,26,27). The van der Waals surface area contributed by atoms with Gasteiger partial charge in [0, 0.05) is 10.0 Å². The summed E-state index contributed by atoms with van der Waals surface area (Å²) in [6, 6.07) is 23.6. The number of fused-ring (bicyclic) bond motifs is 1. The minimum absolute atomic E-state index is 0.346. The number of hydrogen-bond acceptors (Lipinski definition) is 3. The average molecular weight is 419 g/mol. The molecule has 0 aliphatic rings. The van der Waals surface area contributed by atoms with Gasteiger partial charge in [-0.25, -0.2) is 5.43 Å². The highest BCUT2D eigenvalue weighted by Crippen LogP contribution is 2.23. The van der Waals surface area contributed by atoms with Crippen molar-refractivity contribution in [2.24, 2.45) is 5.10 Å². The number of benzene rings is 3. The Kier molecular flexibility index (Phi) is 4.80. The molecule has 0 bridgehead atoms. The number of carbonyl (C=O) groups is 1. The lowest BCUT2D eigenvalue weighted by Crippen LogP contribution is -2.17. The summed E-state index contributed by atoms with van der Waals surface area (Å²) in [6.07, 6.45) is 1.59. The zero-order valence-electron chi connectivity index (χ0n) is 14.2. The maximum Gasteiger partial charge on any atom is 0.289 e. The molecule has 132 valence electrons. The van der Waals surface area contributed by atoms with Gasteiger partial charge in [0.25, 0.3) is 5.91 Å². The van der Waals surface area contributed by atoms with Crippen LogP contribution in [-0.4, -0.2) is 22.3 Å².